The van der Waals surface area contributed by atoms with E-state index in [0.29, 0.717) is 0 Å². The van der Waals surface area contributed by atoms with Crippen molar-refractivity contribution < 1.29 is 4.79 Å². The van der Waals surface area contributed by atoms with Gasteiger partial charge in [-0.3, -0.25) is 4.79 Å². The fourth-order valence-corrected chi connectivity index (χ4v) is 2.34. The van der Waals surface area contributed by atoms with Crippen molar-refractivity contribution >= 4 is 11.6 Å². The maximum absolute atomic E-state index is 12.2. The van der Waals surface area contributed by atoms with E-state index in [0.717, 1.165) is 23.2 Å². The van der Waals surface area contributed by atoms with Gasteiger partial charge in [0.1, 0.15) is 0 Å². The second-order valence-electron chi connectivity index (χ2n) is 5.50. The van der Waals surface area contributed by atoms with Crippen LogP contribution in [0.1, 0.15) is 61.9 Å². The monoisotopic (exact) mass is 276 g/mol. The van der Waals surface area contributed by atoms with Gasteiger partial charge in [0.2, 0.25) is 0 Å². The molecule has 2 N–H and O–H groups in total. The minimum atomic E-state index is 0.0266. The number of anilines is 1. The summed E-state index contributed by atoms with van der Waals surface area (Å²) in [5, 5.41) is 6.19. The quantitative estimate of drug-likeness (QED) is 0.701. The Labute approximate surface area is 123 Å². The summed E-state index contributed by atoms with van der Waals surface area (Å²) in [7, 11) is 1.89. The summed E-state index contributed by atoms with van der Waals surface area (Å²) >= 11 is 0. The lowest BCUT2D eigenvalue weighted by atomic mass is 10.1. The van der Waals surface area contributed by atoms with Crippen LogP contribution in [0.5, 0.6) is 0 Å². The molecule has 3 nitrogen and oxygen atoms in total. The van der Waals surface area contributed by atoms with Crippen molar-refractivity contribution in [2.24, 2.45) is 0 Å². The molecule has 0 aliphatic carbocycles. The lowest BCUT2D eigenvalue weighted by Gasteiger charge is -2.14. The molecule has 20 heavy (non-hydrogen) atoms. The van der Waals surface area contributed by atoms with Crippen LogP contribution < -0.4 is 10.6 Å². The molecule has 0 aliphatic rings. The molecular weight excluding hydrogens is 248 g/mol. The van der Waals surface area contributed by atoms with E-state index in [1.54, 1.807) is 0 Å². The highest BCUT2D eigenvalue weighted by atomic mass is 16.1. The number of carbonyl (C=O) groups excluding carboxylic acids is 1. The molecule has 0 bridgehead atoms. The Kier molecular flexibility index (Phi) is 7.13. The summed E-state index contributed by atoms with van der Waals surface area (Å²) < 4.78 is 0. The third-order valence-corrected chi connectivity index (χ3v) is 3.63. The summed E-state index contributed by atoms with van der Waals surface area (Å²) in [5.41, 5.74) is 2.90. The molecule has 1 aromatic rings. The van der Waals surface area contributed by atoms with Crippen molar-refractivity contribution in [2.45, 2.75) is 58.9 Å². The van der Waals surface area contributed by atoms with Crippen molar-refractivity contribution in [3.63, 3.8) is 0 Å². The first-order chi connectivity index (χ1) is 9.58. The number of hydrogen-bond acceptors (Lipinski definition) is 2. The highest BCUT2D eigenvalue weighted by molar-refractivity contribution is 5.95. The fraction of sp³-hybridized carbons (Fsp3) is 0.588. The molecule has 0 aromatic heterocycles. The number of amides is 1. The maximum Gasteiger partial charge on any atom is 0.251 e. The van der Waals surface area contributed by atoms with Crippen molar-refractivity contribution in [1.82, 2.24) is 5.32 Å². The van der Waals surface area contributed by atoms with Crippen LogP contribution in [0, 0.1) is 6.92 Å². The normalized spacial score (nSPS) is 12.0. The number of carbonyl (C=O) groups is 1. The highest BCUT2D eigenvalue weighted by Gasteiger charge is 2.10. The smallest absolute Gasteiger partial charge is 0.251 e. The number of unbranched alkanes of at least 4 members (excludes halogenated alkanes) is 3. The van der Waals surface area contributed by atoms with Gasteiger partial charge in [0.05, 0.1) is 0 Å². The Bertz CT molecular complexity index is 429. The second kappa shape index (κ2) is 8.62. The van der Waals surface area contributed by atoms with Gasteiger partial charge in [0, 0.05) is 24.3 Å². The van der Waals surface area contributed by atoms with E-state index in [2.05, 4.69) is 24.5 Å². The van der Waals surface area contributed by atoms with Gasteiger partial charge in [0.15, 0.2) is 0 Å². The Morgan fingerprint density at radius 3 is 2.60 bits per heavy atom. The standard InChI is InChI=1S/C17H28N2O/c1-5-6-7-8-9-14(3)19-17(20)15-10-11-16(18-4)13(2)12-15/h10-12,14,18H,5-9H2,1-4H3,(H,19,20). The first-order valence-corrected chi connectivity index (χ1v) is 7.67. The van der Waals surface area contributed by atoms with Gasteiger partial charge < -0.3 is 10.6 Å². The Morgan fingerprint density at radius 2 is 2.00 bits per heavy atom. The molecule has 1 aromatic carbocycles. The van der Waals surface area contributed by atoms with Crippen LogP contribution in [0.15, 0.2) is 18.2 Å². The molecule has 1 amide bonds. The number of rotatable bonds is 8. The van der Waals surface area contributed by atoms with E-state index in [-0.39, 0.29) is 11.9 Å². The molecule has 0 radical (unpaired) electrons. The van der Waals surface area contributed by atoms with Gasteiger partial charge in [-0.2, -0.15) is 0 Å². The molecule has 3 heteroatoms. The molecule has 1 rings (SSSR count). The number of benzene rings is 1. The van der Waals surface area contributed by atoms with Crippen molar-refractivity contribution in [2.75, 3.05) is 12.4 Å². The van der Waals surface area contributed by atoms with Crippen molar-refractivity contribution in [3.05, 3.63) is 29.3 Å². The highest BCUT2D eigenvalue weighted by Crippen LogP contribution is 2.16. The third-order valence-electron chi connectivity index (χ3n) is 3.63. The predicted molar refractivity (Wildman–Crippen MR) is 86.4 cm³/mol. The first kappa shape index (κ1) is 16.5. The summed E-state index contributed by atoms with van der Waals surface area (Å²) in [4.78, 5) is 12.2. The molecule has 0 aliphatic heterocycles. The van der Waals surface area contributed by atoms with Crippen LogP contribution in [0.4, 0.5) is 5.69 Å². The zero-order chi connectivity index (χ0) is 15.0. The van der Waals surface area contributed by atoms with Gasteiger partial charge in [0.25, 0.3) is 5.91 Å². The molecule has 0 fully saturated rings. The molecule has 0 saturated carbocycles. The van der Waals surface area contributed by atoms with Gasteiger partial charge in [-0.25, -0.2) is 0 Å². The minimum Gasteiger partial charge on any atom is -0.388 e. The van der Waals surface area contributed by atoms with Crippen molar-refractivity contribution in [1.29, 1.82) is 0 Å². The summed E-state index contributed by atoms with van der Waals surface area (Å²) in [6, 6.07) is 6.00. The van der Waals surface area contributed by atoms with Crippen LogP contribution in [0.3, 0.4) is 0 Å². The number of aryl methyl sites for hydroxylation is 1. The molecule has 1 atom stereocenters. The van der Waals surface area contributed by atoms with E-state index < -0.39 is 0 Å². The Hall–Kier alpha value is -1.51. The summed E-state index contributed by atoms with van der Waals surface area (Å²) in [6.45, 7) is 6.30. The molecule has 0 saturated heterocycles. The van der Waals surface area contributed by atoms with E-state index in [9.17, 15) is 4.79 Å². The average molecular weight is 276 g/mol. The van der Waals surface area contributed by atoms with Crippen LogP contribution in [-0.2, 0) is 0 Å². The maximum atomic E-state index is 12.2. The fourth-order valence-electron chi connectivity index (χ4n) is 2.34. The van der Waals surface area contributed by atoms with Crippen LogP contribution >= 0.6 is 0 Å². The molecule has 0 spiro atoms. The lowest BCUT2D eigenvalue weighted by Crippen LogP contribution is -2.32. The topological polar surface area (TPSA) is 41.1 Å². The average Bonchev–Trinajstić information content (AvgIpc) is 2.43. The van der Waals surface area contributed by atoms with E-state index in [1.807, 2.05) is 32.2 Å². The van der Waals surface area contributed by atoms with Gasteiger partial charge in [-0.1, -0.05) is 32.6 Å². The van der Waals surface area contributed by atoms with E-state index >= 15 is 0 Å². The third kappa shape index (κ3) is 5.24. The Balaban J connectivity index is 2.47. The summed E-state index contributed by atoms with van der Waals surface area (Å²) in [6.07, 6.45) is 6.03. The predicted octanol–water partition coefficient (Wildman–Crippen LogP) is 4.13. The Morgan fingerprint density at radius 1 is 1.25 bits per heavy atom. The molecule has 112 valence electrons. The van der Waals surface area contributed by atoms with Gasteiger partial charge in [-0.05, 0) is 44.0 Å². The SMILES string of the molecule is CCCCCCC(C)NC(=O)c1ccc(NC)c(C)c1. The van der Waals surface area contributed by atoms with Gasteiger partial charge >= 0.3 is 0 Å². The number of nitrogens with one attached hydrogen (secondary N) is 2. The molecule has 0 heterocycles. The lowest BCUT2D eigenvalue weighted by molar-refractivity contribution is 0.0938. The zero-order valence-corrected chi connectivity index (χ0v) is 13.3. The van der Waals surface area contributed by atoms with Gasteiger partial charge in [-0.15, -0.1) is 0 Å². The second-order valence-corrected chi connectivity index (χ2v) is 5.50. The largest absolute Gasteiger partial charge is 0.388 e. The van der Waals surface area contributed by atoms with Crippen LogP contribution in [-0.4, -0.2) is 19.0 Å². The number of hydrogen-bond donors (Lipinski definition) is 2. The zero-order valence-electron chi connectivity index (χ0n) is 13.3. The minimum absolute atomic E-state index is 0.0266. The molecule has 1 unspecified atom stereocenters. The summed E-state index contributed by atoms with van der Waals surface area (Å²) in [5.74, 6) is 0.0266. The van der Waals surface area contributed by atoms with Crippen LogP contribution in [0.2, 0.25) is 0 Å². The first-order valence-electron chi connectivity index (χ1n) is 7.67. The van der Waals surface area contributed by atoms with E-state index in [1.165, 1.54) is 25.7 Å². The van der Waals surface area contributed by atoms with Crippen LogP contribution in [0.25, 0.3) is 0 Å². The molecular formula is C17H28N2O. The van der Waals surface area contributed by atoms with Crippen molar-refractivity contribution in [3.8, 4) is 0 Å². The van der Waals surface area contributed by atoms with E-state index in [4.69, 9.17) is 0 Å².